The van der Waals surface area contributed by atoms with Crippen LogP contribution in [0, 0.1) is 12.8 Å². The number of hydrogen-bond acceptors (Lipinski definition) is 3. The van der Waals surface area contributed by atoms with Crippen LogP contribution < -0.4 is 5.32 Å². The largest absolute Gasteiger partial charge is 0.355 e. The molecule has 0 saturated carbocycles. The lowest BCUT2D eigenvalue weighted by atomic mass is 9.96. The molecule has 0 aliphatic carbocycles. The van der Waals surface area contributed by atoms with Crippen molar-refractivity contribution < 1.29 is 4.79 Å². The van der Waals surface area contributed by atoms with Crippen molar-refractivity contribution in [2.45, 2.75) is 25.5 Å². The Balaban J connectivity index is 1.58. The summed E-state index contributed by atoms with van der Waals surface area (Å²) in [5.74, 6) is 2.47. The van der Waals surface area contributed by atoms with Gasteiger partial charge in [0.05, 0.1) is 0 Å². The molecule has 1 N–H and O–H groups in total. The summed E-state index contributed by atoms with van der Waals surface area (Å²) in [4.78, 5) is 14.3. The second-order valence-electron chi connectivity index (χ2n) is 5.91. The molecule has 0 bridgehead atoms. The zero-order valence-electron chi connectivity index (χ0n) is 13.1. The van der Waals surface area contributed by atoms with Crippen molar-refractivity contribution in [2.75, 3.05) is 32.4 Å². The van der Waals surface area contributed by atoms with Gasteiger partial charge in [0.15, 0.2) is 0 Å². The Morgan fingerprint density at radius 3 is 2.86 bits per heavy atom. The highest BCUT2D eigenvalue weighted by atomic mass is 32.2. The average molecular weight is 306 g/mol. The van der Waals surface area contributed by atoms with Crippen LogP contribution in [0.25, 0.3) is 0 Å². The molecule has 1 aliphatic rings. The Bertz CT molecular complexity index is 456. The molecule has 116 valence electrons. The van der Waals surface area contributed by atoms with Gasteiger partial charge >= 0.3 is 0 Å². The monoisotopic (exact) mass is 306 g/mol. The summed E-state index contributed by atoms with van der Waals surface area (Å²) >= 11 is 1.88. The van der Waals surface area contributed by atoms with Gasteiger partial charge in [0.25, 0.3) is 0 Å². The van der Waals surface area contributed by atoms with E-state index in [9.17, 15) is 4.79 Å². The SMILES string of the molecule is Cc1cccc(CSCCNC(=O)C2CCN(C)CC2)c1. The van der Waals surface area contributed by atoms with E-state index in [1.165, 1.54) is 11.1 Å². The number of piperidine rings is 1. The highest BCUT2D eigenvalue weighted by Crippen LogP contribution is 2.16. The van der Waals surface area contributed by atoms with Gasteiger partial charge in [0.2, 0.25) is 5.91 Å². The van der Waals surface area contributed by atoms with Crippen molar-refractivity contribution >= 4 is 17.7 Å². The molecular formula is C17H26N2OS. The van der Waals surface area contributed by atoms with Crippen LogP contribution in [0.2, 0.25) is 0 Å². The molecule has 1 aliphatic heterocycles. The number of nitrogens with one attached hydrogen (secondary N) is 1. The molecule has 3 nitrogen and oxygen atoms in total. The van der Waals surface area contributed by atoms with Crippen LogP contribution in [-0.4, -0.2) is 43.2 Å². The van der Waals surface area contributed by atoms with Crippen molar-refractivity contribution in [2.24, 2.45) is 5.92 Å². The minimum atomic E-state index is 0.225. The molecule has 1 aromatic carbocycles. The van der Waals surface area contributed by atoms with Crippen molar-refractivity contribution in [3.05, 3.63) is 35.4 Å². The first-order valence-electron chi connectivity index (χ1n) is 7.74. The number of nitrogens with zero attached hydrogens (tertiary/aromatic N) is 1. The maximum Gasteiger partial charge on any atom is 0.223 e. The number of hydrogen-bond donors (Lipinski definition) is 1. The molecule has 1 heterocycles. The second-order valence-corrected chi connectivity index (χ2v) is 7.02. The van der Waals surface area contributed by atoms with E-state index in [0.29, 0.717) is 0 Å². The van der Waals surface area contributed by atoms with Gasteiger partial charge in [-0.25, -0.2) is 0 Å². The van der Waals surface area contributed by atoms with Crippen molar-refractivity contribution in [1.82, 2.24) is 10.2 Å². The van der Waals surface area contributed by atoms with Gasteiger partial charge in [0.1, 0.15) is 0 Å². The summed E-state index contributed by atoms with van der Waals surface area (Å²) in [6.45, 7) is 4.98. The number of rotatable bonds is 6. The number of amides is 1. The van der Waals surface area contributed by atoms with E-state index >= 15 is 0 Å². The molecule has 4 heteroatoms. The lowest BCUT2D eigenvalue weighted by Crippen LogP contribution is -2.39. The first kappa shape index (κ1) is 16.4. The van der Waals surface area contributed by atoms with Crippen molar-refractivity contribution in [3.8, 4) is 0 Å². The van der Waals surface area contributed by atoms with Crippen LogP contribution >= 0.6 is 11.8 Å². The Morgan fingerprint density at radius 2 is 2.14 bits per heavy atom. The zero-order valence-corrected chi connectivity index (χ0v) is 13.9. The molecule has 0 unspecified atom stereocenters. The smallest absolute Gasteiger partial charge is 0.223 e. The third-order valence-electron chi connectivity index (χ3n) is 3.99. The Kier molecular flexibility index (Phi) is 6.58. The van der Waals surface area contributed by atoms with Gasteiger partial charge in [0, 0.05) is 24.0 Å². The van der Waals surface area contributed by atoms with E-state index < -0.39 is 0 Å². The molecule has 2 rings (SSSR count). The number of likely N-dealkylation sites (tertiary alicyclic amines) is 1. The third-order valence-corrected chi connectivity index (χ3v) is 5.02. The standard InChI is InChI=1S/C17H26N2OS/c1-14-4-3-5-15(12-14)13-21-11-8-18-17(20)16-6-9-19(2)10-7-16/h3-5,12,16H,6-11,13H2,1-2H3,(H,18,20). The lowest BCUT2D eigenvalue weighted by Gasteiger charge is -2.28. The van der Waals surface area contributed by atoms with Gasteiger partial charge in [-0.1, -0.05) is 29.8 Å². The summed E-state index contributed by atoms with van der Waals surface area (Å²) in [5.41, 5.74) is 2.67. The fraction of sp³-hybridized carbons (Fsp3) is 0.588. The molecule has 1 amide bonds. The van der Waals surface area contributed by atoms with Gasteiger partial charge in [-0.3, -0.25) is 4.79 Å². The molecule has 0 spiro atoms. The average Bonchev–Trinajstić information content (AvgIpc) is 2.47. The highest BCUT2D eigenvalue weighted by molar-refractivity contribution is 7.98. The summed E-state index contributed by atoms with van der Waals surface area (Å²) in [6.07, 6.45) is 2.00. The molecule has 1 saturated heterocycles. The highest BCUT2D eigenvalue weighted by Gasteiger charge is 2.22. The Morgan fingerprint density at radius 1 is 1.38 bits per heavy atom. The summed E-state index contributed by atoms with van der Waals surface area (Å²) < 4.78 is 0. The number of carbonyl (C=O) groups excluding carboxylic acids is 1. The van der Waals surface area contributed by atoms with Crippen LogP contribution in [-0.2, 0) is 10.5 Å². The van der Waals surface area contributed by atoms with E-state index in [2.05, 4.69) is 48.5 Å². The first-order chi connectivity index (χ1) is 10.1. The zero-order chi connectivity index (χ0) is 15.1. The van der Waals surface area contributed by atoms with Crippen LogP contribution in [0.3, 0.4) is 0 Å². The summed E-state index contributed by atoms with van der Waals surface area (Å²) in [7, 11) is 2.12. The summed E-state index contributed by atoms with van der Waals surface area (Å²) in [6, 6.07) is 8.62. The lowest BCUT2D eigenvalue weighted by molar-refractivity contribution is -0.126. The maximum atomic E-state index is 12.0. The van der Waals surface area contributed by atoms with E-state index in [0.717, 1.165) is 44.0 Å². The fourth-order valence-electron chi connectivity index (χ4n) is 2.65. The molecule has 0 aromatic heterocycles. The van der Waals surface area contributed by atoms with Crippen LogP contribution in [0.5, 0.6) is 0 Å². The van der Waals surface area contributed by atoms with E-state index in [1.54, 1.807) is 0 Å². The predicted octanol–water partition coefficient (Wildman–Crippen LogP) is 2.69. The van der Waals surface area contributed by atoms with Crippen LogP contribution in [0.4, 0.5) is 0 Å². The van der Waals surface area contributed by atoms with E-state index in [-0.39, 0.29) is 11.8 Å². The molecular weight excluding hydrogens is 280 g/mol. The molecule has 21 heavy (non-hydrogen) atoms. The Labute approximate surface area is 132 Å². The van der Waals surface area contributed by atoms with Crippen molar-refractivity contribution in [3.63, 3.8) is 0 Å². The predicted molar refractivity (Wildman–Crippen MR) is 90.6 cm³/mol. The van der Waals surface area contributed by atoms with Crippen LogP contribution in [0.1, 0.15) is 24.0 Å². The Hall–Kier alpha value is -1.00. The molecule has 0 atom stereocenters. The normalized spacial score (nSPS) is 16.9. The number of aryl methyl sites for hydroxylation is 1. The van der Waals surface area contributed by atoms with Gasteiger partial charge in [-0.2, -0.15) is 11.8 Å². The maximum absolute atomic E-state index is 12.0. The van der Waals surface area contributed by atoms with Gasteiger partial charge in [-0.05, 0) is 45.5 Å². The number of benzene rings is 1. The molecule has 1 fully saturated rings. The summed E-state index contributed by atoms with van der Waals surface area (Å²) in [5, 5.41) is 3.09. The topological polar surface area (TPSA) is 32.3 Å². The van der Waals surface area contributed by atoms with E-state index in [4.69, 9.17) is 0 Å². The molecule has 1 aromatic rings. The number of carbonyl (C=O) groups is 1. The second kappa shape index (κ2) is 8.44. The van der Waals surface area contributed by atoms with Crippen molar-refractivity contribution in [1.29, 1.82) is 0 Å². The van der Waals surface area contributed by atoms with Crippen LogP contribution in [0.15, 0.2) is 24.3 Å². The first-order valence-corrected chi connectivity index (χ1v) is 8.90. The van der Waals surface area contributed by atoms with Gasteiger partial charge in [-0.15, -0.1) is 0 Å². The van der Waals surface area contributed by atoms with E-state index in [1.807, 2.05) is 11.8 Å². The molecule has 0 radical (unpaired) electrons. The quantitative estimate of drug-likeness (QED) is 0.820. The minimum absolute atomic E-state index is 0.225. The minimum Gasteiger partial charge on any atom is -0.355 e. The fourth-order valence-corrected chi connectivity index (χ4v) is 3.46. The third kappa shape index (κ3) is 5.71. The van der Waals surface area contributed by atoms with Gasteiger partial charge < -0.3 is 10.2 Å². The number of thioether (sulfide) groups is 1.